The molecule has 0 saturated heterocycles. The van der Waals surface area contributed by atoms with E-state index in [0.717, 1.165) is 35.3 Å². The second-order valence-corrected chi connectivity index (χ2v) is 12.8. The average Bonchev–Trinajstić information content (AvgIpc) is 3.53. The number of rotatable bonds is 7. The Balaban J connectivity index is 0.00000276. The SMILES string of the molecule is CN(C)c1ccc(N=C2C(C(C)(C)C)=Nn3nc(-c4ccc(NC(=O)c5cc(S(=O)[O-])cc(S(=O)[O-])c5)cc4)nc32)cc1.[Na+].[Na+]. The van der Waals surface area contributed by atoms with Gasteiger partial charge >= 0.3 is 59.1 Å². The Morgan fingerprint density at radius 3 is 2.00 bits per heavy atom. The zero-order chi connectivity index (χ0) is 31.1. The van der Waals surface area contributed by atoms with E-state index < -0.39 is 28.1 Å². The van der Waals surface area contributed by atoms with Crippen molar-refractivity contribution in [3.8, 4) is 11.4 Å². The van der Waals surface area contributed by atoms with Crippen molar-refractivity contribution in [2.75, 3.05) is 24.3 Å². The summed E-state index contributed by atoms with van der Waals surface area (Å²) in [5, 5.41) is 11.9. The van der Waals surface area contributed by atoms with Crippen molar-refractivity contribution in [2.24, 2.45) is 15.5 Å². The minimum Gasteiger partial charge on any atom is -0.768 e. The maximum atomic E-state index is 12.8. The summed E-state index contributed by atoms with van der Waals surface area (Å²) in [5.41, 5.74) is 3.84. The van der Waals surface area contributed by atoms with Crippen LogP contribution in [0.2, 0.25) is 0 Å². The van der Waals surface area contributed by atoms with Crippen LogP contribution in [0.15, 0.2) is 86.6 Å². The van der Waals surface area contributed by atoms with Crippen molar-refractivity contribution in [1.82, 2.24) is 14.9 Å². The molecule has 5 rings (SSSR count). The van der Waals surface area contributed by atoms with Gasteiger partial charge in [-0.15, -0.1) is 9.89 Å². The van der Waals surface area contributed by atoms with Crippen LogP contribution < -0.4 is 69.3 Å². The molecule has 3 aromatic carbocycles. The van der Waals surface area contributed by atoms with Gasteiger partial charge in [0.2, 0.25) is 5.82 Å². The van der Waals surface area contributed by atoms with Gasteiger partial charge in [-0.25, -0.2) is 9.98 Å². The second-order valence-electron chi connectivity index (χ2n) is 10.9. The topological polar surface area (TPSA) is 168 Å². The van der Waals surface area contributed by atoms with Crippen LogP contribution in [-0.4, -0.2) is 63.8 Å². The van der Waals surface area contributed by atoms with E-state index in [1.807, 2.05) is 64.0 Å². The predicted molar refractivity (Wildman–Crippen MR) is 163 cm³/mol. The second kappa shape index (κ2) is 15.0. The molecular weight excluding hydrogens is 636 g/mol. The number of aliphatic imine (C=N–C) groups is 1. The molecule has 1 N–H and O–H groups in total. The molecule has 2 atom stereocenters. The fraction of sp³-hybridized carbons (Fsp3) is 0.207. The van der Waals surface area contributed by atoms with Crippen molar-refractivity contribution in [2.45, 2.75) is 30.6 Å². The molecule has 1 amide bonds. The molecule has 0 saturated carbocycles. The van der Waals surface area contributed by atoms with Crippen LogP contribution in [0.25, 0.3) is 11.4 Å². The first-order valence-corrected chi connectivity index (χ1v) is 15.1. The van der Waals surface area contributed by atoms with Gasteiger partial charge in [0.15, 0.2) is 5.82 Å². The Morgan fingerprint density at radius 2 is 1.49 bits per heavy atom. The molecule has 0 bridgehead atoms. The number of carbonyl (C=O) groups is 1. The largest absolute Gasteiger partial charge is 1.00 e. The first-order valence-electron chi connectivity index (χ1n) is 13.0. The number of fused-ring (bicyclic) bond motifs is 1. The standard InChI is InChI=1S/C29H29N7O5S2.2Na/c1-29(2,3)25-24(30-19-10-12-21(13-11-19)35(4)5)27-32-26(34-36(27)33-25)17-6-8-20(9-7-17)31-28(37)18-14-22(42(38)39)16-23(15-18)43(40)41;;/h6-16H,1-5H3,(H,31,37)(H,38,39)(H,40,41);;/q;2*+1/p-2. The number of benzene rings is 3. The summed E-state index contributed by atoms with van der Waals surface area (Å²) in [5.74, 6) is 0.249. The number of carbonyl (C=O) groups excluding carboxylic acids is 1. The van der Waals surface area contributed by atoms with Gasteiger partial charge < -0.3 is 19.3 Å². The molecule has 222 valence electrons. The van der Waals surface area contributed by atoms with Crippen LogP contribution in [-0.2, 0) is 22.2 Å². The summed E-state index contributed by atoms with van der Waals surface area (Å²) in [4.78, 5) is 25.3. The number of nitrogens with zero attached hydrogens (tertiary/aromatic N) is 6. The maximum Gasteiger partial charge on any atom is 1.00 e. The van der Waals surface area contributed by atoms with E-state index >= 15 is 0 Å². The van der Waals surface area contributed by atoms with Crippen LogP contribution in [0.3, 0.4) is 0 Å². The van der Waals surface area contributed by atoms with Crippen LogP contribution in [0.1, 0.15) is 37.0 Å². The monoisotopic (exact) mass is 663 g/mol. The number of anilines is 2. The quantitative estimate of drug-likeness (QED) is 0.177. The summed E-state index contributed by atoms with van der Waals surface area (Å²) < 4.78 is 45.5. The summed E-state index contributed by atoms with van der Waals surface area (Å²) in [6.45, 7) is 6.15. The third-order valence-corrected chi connectivity index (χ3v) is 7.71. The number of nitrogens with one attached hydrogen (secondary N) is 1. The number of aromatic nitrogens is 3. The Bertz CT molecular complexity index is 1800. The van der Waals surface area contributed by atoms with Crippen LogP contribution in [0.5, 0.6) is 0 Å². The Morgan fingerprint density at radius 1 is 0.911 bits per heavy atom. The van der Waals surface area contributed by atoms with Gasteiger partial charge in [-0.2, -0.15) is 5.10 Å². The summed E-state index contributed by atoms with van der Waals surface area (Å²) in [6, 6.07) is 17.7. The molecular formula is C29H27N7Na2O5S2. The molecule has 2 heterocycles. The molecule has 12 nitrogen and oxygen atoms in total. The maximum absolute atomic E-state index is 12.8. The van der Waals surface area contributed by atoms with Gasteiger partial charge in [0.25, 0.3) is 5.91 Å². The Labute approximate surface area is 310 Å². The summed E-state index contributed by atoms with van der Waals surface area (Å²) in [7, 11) is 3.95. The normalized spacial score (nSPS) is 14.5. The van der Waals surface area contributed by atoms with Gasteiger partial charge in [0.05, 0.1) is 11.4 Å². The molecule has 0 radical (unpaired) electrons. The third kappa shape index (κ3) is 8.51. The molecule has 1 aliphatic heterocycles. The van der Waals surface area contributed by atoms with Crippen molar-refractivity contribution >= 4 is 56.6 Å². The summed E-state index contributed by atoms with van der Waals surface area (Å²) >= 11 is -5.43. The zero-order valence-corrected chi connectivity index (χ0v) is 31.5. The predicted octanol–water partition coefficient (Wildman–Crippen LogP) is -1.87. The van der Waals surface area contributed by atoms with Gasteiger partial charge in [0.1, 0.15) is 5.71 Å². The molecule has 1 aromatic heterocycles. The number of hydrogen-bond acceptors (Lipinski definition) is 10. The summed E-state index contributed by atoms with van der Waals surface area (Å²) in [6.07, 6.45) is 0. The van der Waals surface area contributed by atoms with E-state index in [1.54, 1.807) is 24.3 Å². The molecule has 45 heavy (non-hydrogen) atoms. The van der Waals surface area contributed by atoms with Crippen LogP contribution in [0.4, 0.5) is 17.1 Å². The smallest absolute Gasteiger partial charge is 0.768 e. The van der Waals surface area contributed by atoms with Gasteiger partial charge in [-0.1, -0.05) is 20.8 Å². The zero-order valence-electron chi connectivity index (χ0n) is 25.9. The third-order valence-electron chi connectivity index (χ3n) is 6.47. The molecule has 0 fully saturated rings. The van der Waals surface area contributed by atoms with Crippen molar-refractivity contribution in [3.63, 3.8) is 0 Å². The van der Waals surface area contributed by atoms with E-state index in [1.165, 1.54) is 4.79 Å². The van der Waals surface area contributed by atoms with Crippen molar-refractivity contribution < 1.29 is 81.4 Å². The van der Waals surface area contributed by atoms with E-state index in [4.69, 9.17) is 15.1 Å². The van der Waals surface area contributed by atoms with Crippen molar-refractivity contribution in [1.29, 1.82) is 0 Å². The average molecular weight is 664 g/mol. The molecule has 0 aliphatic carbocycles. The van der Waals surface area contributed by atoms with E-state index in [-0.39, 0.29) is 79.9 Å². The Kier molecular flexibility index (Phi) is 12.4. The minimum atomic E-state index is -2.71. The van der Waals surface area contributed by atoms with Gasteiger partial charge in [-0.05, 0) is 88.9 Å². The molecule has 4 aromatic rings. The fourth-order valence-electron chi connectivity index (χ4n) is 4.26. The first kappa shape index (κ1) is 37.1. The number of amides is 1. The molecule has 16 heteroatoms. The molecule has 0 spiro atoms. The van der Waals surface area contributed by atoms with E-state index in [2.05, 4.69) is 10.4 Å². The molecule has 2 unspecified atom stereocenters. The molecule has 1 aliphatic rings. The van der Waals surface area contributed by atoms with Crippen LogP contribution in [0, 0.1) is 5.41 Å². The number of hydrogen-bond donors (Lipinski definition) is 1. The fourth-order valence-corrected chi connectivity index (χ4v) is 5.22. The van der Waals surface area contributed by atoms with E-state index in [0.29, 0.717) is 28.6 Å². The van der Waals surface area contributed by atoms with Crippen LogP contribution >= 0.6 is 0 Å². The first-order chi connectivity index (χ1) is 20.3. The Hall–Kier alpha value is -2.37. The minimum absolute atomic E-state index is 0. The van der Waals surface area contributed by atoms with Crippen molar-refractivity contribution in [3.05, 3.63) is 78.1 Å². The van der Waals surface area contributed by atoms with Gasteiger partial charge in [0, 0.05) is 51.8 Å². The van der Waals surface area contributed by atoms with Gasteiger partial charge in [-0.3, -0.25) is 13.2 Å². The van der Waals surface area contributed by atoms with E-state index in [9.17, 15) is 22.3 Å².